The minimum Gasteiger partial charge on any atom is -0.472 e. The molecule has 0 atom stereocenters. The van der Waals surface area contributed by atoms with Gasteiger partial charge in [-0.3, -0.25) is 0 Å². The van der Waals surface area contributed by atoms with Crippen LogP contribution in [0.4, 0.5) is 0 Å². The summed E-state index contributed by atoms with van der Waals surface area (Å²) in [7, 11) is 1.82. The third-order valence-electron chi connectivity index (χ3n) is 1.82. The zero-order valence-corrected chi connectivity index (χ0v) is 10.6. The SMILES string of the molecule is Cc1nn(C)c(OC(C)(C)C)c1C(N)=S. The van der Waals surface area contributed by atoms with Gasteiger partial charge in [-0.1, -0.05) is 12.2 Å². The third kappa shape index (κ3) is 2.68. The lowest BCUT2D eigenvalue weighted by atomic mass is 10.2. The van der Waals surface area contributed by atoms with E-state index in [0.29, 0.717) is 10.9 Å². The first-order valence-electron chi connectivity index (χ1n) is 4.75. The minimum atomic E-state index is -0.292. The lowest BCUT2D eigenvalue weighted by Crippen LogP contribution is -2.26. The van der Waals surface area contributed by atoms with Gasteiger partial charge in [-0.25, -0.2) is 4.68 Å². The van der Waals surface area contributed by atoms with Crippen LogP contribution in [0.25, 0.3) is 0 Å². The van der Waals surface area contributed by atoms with Gasteiger partial charge in [0, 0.05) is 7.05 Å². The molecule has 1 aromatic heterocycles. The molecule has 15 heavy (non-hydrogen) atoms. The zero-order valence-electron chi connectivity index (χ0n) is 9.79. The molecule has 0 unspecified atom stereocenters. The van der Waals surface area contributed by atoms with Crippen molar-refractivity contribution in [2.24, 2.45) is 12.8 Å². The number of ether oxygens (including phenoxy) is 1. The van der Waals surface area contributed by atoms with E-state index in [1.165, 1.54) is 0 Å². The van der Waals surface area contributed by atoms with Crippen molar-refractivity contribution in [1.82, 2.24) is 9.78 Å². The van der Waals surface area contributed by atoms with Gasteiger partial charge in [0.25, 0.3) is 0 Å². The zero-order chi connectivity index (χ0) is 11.8. The van der Waals surface area contributed by atoms with E-state index in [4.69, 9.17) is 22.7 Å². The van der Waals surface area contributed by atoms with E-state index >= 15 is 0 Å². The van der Waals surface area contributed by atoms with Gasteiger partial charge in [-0.2, -0.15) is 5.10 Å². The van der Waals surface area contributed by atoms with Gasteiger partial charge in [0.05, 0.1) is 11.3 Å². The van der Waals surface area contributed by atoms with Gasteiger partial charge in [0.1, 0.15) is 10.6 Å². The maximum atomic E-state index is 5.78. The first-order valence-corrected chi connectivity index (χ1v) is 5.15. The molecule has 1 aromatic rings. The van der Waals surface area contributed by atoms with Crippen LogP contribution in [0.5, 0.6) is 5.88 Å². The molecular weight excluding hydrogens is 210 g/mol. The van der Waals surface area contributed by atoms with Crippen molar-refractivity contribution in [3.8, 4) is 5.88 Å². The first kappa shape index (κ1) is 12.0. The molecule has 1 heterocycles. The van der Waals surface area contributed by atoms with Crippen molar-refractivity contribution >= 4 is 17.2 Å². The van der Waals surface area contributed by atoms with Gasteiger partial charge in [0.2, 0.25) is 5.88 Å². The van der Waals surface area contributed by atoms with Gasteiger partial charge < -0.3 is 10.5 Å². The van der Waals surface area contributed by atoms with Crippen LogP contribution in [0.2, 0.25) is 0 Å². The van der Waals surface area contributed by atoms with Gasteiger partial charge >= 0.3 is 0 Å². The highest BCUT2D eigenvalue weighted by molar-refractivity contribution is 7.80. The maximum absolute atomic E-state index is 5.78. The van der Waals surface area contributed by atoms with Crippen LogP contribution in [0.3, 0.4) is 0 Å². The summed E-state index contributed by atoms with van der Waals surface area (Å²) < 4.78 is 7.44. The second-order valence-corrected chi connectivity index (χ2v) is 4.91. The Bertz CT molecular complexity index is 390. The molecule has 0 radical (unpaired) electrons. The Kier molecular flexibility index (Phi) is 3.04. The Morgan fingerprint density at radius 2 is 2.00 bits per heavy atom. The topological polar surface area (TPSA) is 53.1 Å². The third-order valence-corrected chi connectivity index (χ3v) is 2.02. The largest absolute Gasteiger partial charge is 0.472 e. The molecular formula is C10H17N3OS. The summed E-state index contributed by atoms with van der Waals surface area (Å²) in [5.41, 5.74) is 6.87. The molecule has 0 spiro atoms. The molecule has 5 heteroatoms. The Labute approximate surface area is 95.4 Å². The summed E-state index contributed by atoms with van der Waals surface area (Å²) >= 11 is 4.98. The Morgan fingerprint density at radius 1 is 1.47 bits per heavy atom. The van der Waals surface area contributed by atoms with Crippen molar-refractivity contribution in [2.45, 2.75) is 33.3 Å². The standard InChI is InChI=1S/C10H17N3OS/c1-6-7(8(11)15)9(13(5)12-6)14-10(2,3)4/h1-5H3,(H2,11,15). The molecule has 0 fully saturated rings. The number of aromatic nitrogens is 2. The predicted molar refractivity (Wildman–Crippen MR) is 64.2 cm³/mol. The van der Waals surface area contributed by atoms with E-state index < -0.39 is 0 Å². The van der Waals surface area contributed by atoms with E-state index in [-0.39, 0.29) is 5.60 Å². The van der Waals surface area contributed by atoms with Gasteiger partial charge in [-0.15, -0.1) is 0 Å². The number of hydrogen-bond acceptors (Lipinski definition) is 3. The monoisotopic (exact) mass is 227 g/mol. The molecule has 2 N–H and O–H groups in total. The van der Waals surface area contributed by atoms with E-state index in [2.05, 4.69) is 5.10 Å². The Hall–Kier alpha value is -1.10. The van der Waals surface area contributed by atoms with E-state index in [9.17, 15) is 0 Å². The molecule has 4 nitrogen and oxygen atoms in total. The van der Waals surface area contributed by atoms with Crippen LogP contribution >= 0.6 is 12.2 Å². The number of aryl methyl sites for hydroxylation is 2. The molecule has 1 rings (SSSR count). The molecule has 84 valence electrons. The molecule has 0 aliphatic carbocycles. The van der Waals surface area contributed by atoms with E-state index in [1.54, 1.807) is 4.68 Å². The van der Waals surface area contributed by atoms with Crippen molar-refractivity contribution in [3.63, 3.8) is 0 Å². The van der Waals surface area contributed by atoms with Gasteiger partial charge in [-0.05, 0) is 27.7 Å². The summed E-state index contributed by atoms with van der Waals surface area (Å²) in [5, 5.41) is 4.24. The summed E-state index contributed by atoms with van der Waals surface area (Å²) in [6.45, 7) is 7.78. The maximum Gasteiger partial charge on any atom is 0.222 e. The second kappa shape index (κ2) is 3.81. The van der Waals surface area contributed by atoms with Crippen LogP contribution < -0.4 is 10.5 Å². The van der Waals surface area contributed by atoms with Crippen molar-refractivity contribution < 1.29 is 4.74 Å². The highest BCUT2D eigenvalue weighted by Crippen LogP contribution is 2.25. The number of nitrogens with two attached hydrogens (primary N) is 1. The highest BCUT2D eigenvalue weighted by atomic mass is 32.1. The fourth-order valence-electron chi connectivity index (χ4n) is 1.33. The molecule has 0 amide bonds. The van der Waals surface area contributed by atoms with E-state index in [0.717, 1.165) is 11.3 Å². The van der Waals surface area contributed by atoms with Crippen LogP contribution in [0.1, 0.15) is 32.0 Å². The summed E-state index contributed by atoms with van der Waals surface area (Å²) in [6.07, 6.45) is 0. The van der Waals surface area contributed by atoms with Crippen LogP contribution in [-0.4, -0.2) is 20.4 Å². The summed E-state index contributed by atoms with van der Waals surface area (Å²) in [6, 6.07) is 0. The van der Waals surface area contributed by atoms with E-state index in [1.807, 2.05) is 34.7 Å². The fraction of sp³-hybridized carbons (Fsp3) is 0.600. The number of nitrogens with zero attached hydrogens (tertiary/aromatic N) is 2. The van der Waals surface area contributed by atoms with Crippen LogP contribution in [0, 0.1) is 6.92 Å². The van der Waals surface area contributed by atoms with Crippen molar-refractivity contribution in [1.29, 1.82) is 0 Å². The molecule has 0 saturated carbocycles. The van der Waals surface area contributed by atoms with Crippen molar-refractivity contribution in [2.75, 3.05) is 0 Å². The molecule has 0 aliphatic heterocycles. The smallest absolute Gasteiger partial charge is 0.222 e. The van der Waals surface area contributed by atoms with Crippen molar-refractivity contribution in [3.05, 3.63) is 11.3 Å². The molecule has 0 bridgehead atoms. The minimum absolute atomic E-state index is 0.292. The number of hydrogen-bond donors (Lipinski definition) is 1. The molecule has 0 aromatic carbocycles. The highest BCUT2D eigenvalue weighted by Gasteiger charge is 2.22. The lowest BCUT2D eigenvalue weighted by Gasteiger charge is -2.21. The van der Waals surface area contributed by atoms with Crippen LogP contribution in [-0.2, 0) is 7.05 Å². The Balaban J connectivity index is 3.21. The average molecular weight is 227 g/mol. The first-order chi connectivity index (χ1) is 6.72. The number of thiocarbonyl (C=S) groups is 1. The summed E-state index contributed by atoms with van der Waals surface area (Å²) in [4.78, 5) is 0.319. The molecule has 0 aliphatic rings. The fourth-order valence-corrected chi connectivity index (χ4v) is 1.56. The average Bonchev–Trinajstić information content (AvgIpc) is 2.23. The second-order valence-electron chi connectivity index (χ2n) is 4.47. The normalized spacial score (nSPS) is 11.5. The predicted octanol–water partition coefficient (Wildman–Crippen LogP) is 1.54. The molecule has 0 saturated heterocycles. The quantitative estimate of drug-likeness (QED) is 0.779. The summed E-state index contributed by atoms with van der Waals surface area (Å²) in [5.74, 6) is 0.632. The van der Waals surface area contributed by atoms with Crippen LogP contribution in [0.15, 0.2) is 0 Å². The number of rotatable bonds is 2. The Morgan fingerprint density at radius 3 is 2.40 bits per heavy atom. The lowest BCUT2D eigenvalue weighted by molar-refractivity contribution is 0.117. The van der Waals surface area contributed by atoms with Gasteiger partial charge in [0.15, 0.2) is 0 Å².